The molecule has 6 heteroatoms. The van der Waals surface area contributed by atoms with E-state index in [-0.39, 0.29) is 17.1 Å². The molecule has 3 aromatic rings. The largest absolute Gasteiger partial charge is 0.494 e. The van der Waals surface area contributed by atoms with Crippen LogP contribution in [0.25, 0.3) is 22.2 Å². The number of nitrogens with one attached hydrogen (secondary N) is 1. The Kier molecular flexibility index (Phi) is 4.77. The number of nitrogens with zero attached hydrogens (tertiary/aromatic N) is 2. The van der Waals surface area contributed by atoms with Crippen LogP contribution < -0.4 is 19.7 Å². The van der Waals surface area contributed by atoms with Gasteiger partial charge in [0.2, 0.25) is 0 Å². The minimum absolute atomic E-state index is 0.149. The maximum absolute atomic E-state index is 14.6. The van der Waals surface area contributed by atoms with Gasteiger partial charge in [-0.25, -0.2) is 9.37 Å². The summed E-state index contributed by atoms with van der Waals surface area (Å²) in [4.78, 5) is 7.31. The van der Waals surface area contributed by atoms with E-state index in [0.29, 0.717) is 12.0 Å². The van der Waals surface area contributed by atoms with Crippen LogP contribution in [0.15, 0.2) is 42.5 Å². The van der Waals surface area contributed by atoms with Gasteiger partial charge in [0.05, 0.1) is 23.9 Å². The Morgan fingerprint density at radius 3 is 2.48 bits per heavy atom. The van der Waals surface area contributed by atoms with Crippen molar-refractivity contribution in [2.45, 2.75) is 37.6 Å². The number of benzene rings is 2. The smallest absolute Gasteiger partial charge is 0.165 e. The summed E-state index contributed by atoms with van der Waals surface area (Å²) >= 11 is 0. The molecule has 33 heavy (non-hydrogen) atoms. The van der Waals surface area contributed by atoms with Gasteiger partial charge in [0.1, 0.15) is 12.4 Å². The highest BCUT2D eigenvalue weighted by molar-refractivity contribution is 5.95. The zero-order valence-electron chi connectivity index (χ0n) is 19.3. The summed E-state index contributed by atoms with van der Waals surface area (Å²) in [6.07, 6.45) is 6.14. The van der Waals surface area contributed by atoms with E-state index in [1.807, 2.05) is 19.2 Å². The van der Waals surface area contributed by atoms with Crippen LogP contribution in [0.5, 0.6) is 11.5 Å². The summed E-state index contributed by atoms with van der Waals surface area (Å²) in [7, 11) is 3.49. The molecule has 2 saturated carbocycles. The number of pyridine rings is 1. The van der Waals surface area contributed by atoms with Gasteiger partial charge in [0.25, 0.3) is 0 Å². The average molecular weight is 448 g/mol. The third-order valence-electron chi connectivity index (χ3n) is 7.85. The summed E-state index contributed by atoms with van der Waals surface area (Å²) in [5.41, 5.74) is 4.34. The van der Waals surface area contributed by atoms with Gasteiger partial charge >= 0.3 is 0 Å². The molecule has 2 aromatic carbocycles. The average Bonchev–Trinajstić information content (AvgIpc) is 3.74. The number of aromatic nitrogens is 1. The van der Waals surface area contributed by atoms with E-state index in [2.05, 4.69) is 28.4 Å². The first-order chi connectivity index (χ1) is 16.0. The SMILES string of the molecule is CNC1(COc2ccc(-c3cc(N4CCC5(CC5)C4)c4cc(F)c(OC)cc4n3)cc2)CC1. The number of rotatable bonds is 7. The standard InChI is InChI=1S/C27H30FN3O2/c1-29-27(9-10-27)17-33-19-5-3-18(4-6-19)22-14-24(31-12-11-26(16-31)7-8-26)20-13-21(28)25(32-2)15-23(20)30-22/h3-6,13-15,29H,7-12,16-17H2,1-2H3. The molecule has 0 atom stereocenters. The van der Waals surface area contributed by atoms with E-state index in [1.54, 1.807) is 12.1 Å². The Morgan fingerprint density at radius 2 is 1.85 bits per heavy atom. The lowest BCUT2D eigenvalue weighted by atomic mass is 10.1. The predicted octanol–water partition coefficient (Wildman–Crippen LogP) is 5.17. The second kappa shape index (κ2) is 7.59. The van der Waals surface area contributed by atoms with Gasteiger partial charge in [0, 0.05) is 35.8 Å². The van der Waals surface area contributed by atoms with Crippen LogP contribution in [0, 0.1) is 11.2 Å². The van der Waals surface area contributed by atoms with Gasteiger partial charge in [-0.05, 0) is 81.0 Å². The Hall–Kier alpha value is -2.86. The maximum atomic E-state index is 14.6. The topological polar surface area (TPSA) is 46.6 Å². The molecular weight excluding hydrogens is 417 g/mol. The van der Waals surface area contributed by atoms with E-state index in [0.717, 1.165) is 59.5 Å². The quantitative estimate of drug-likeness (QED) is 0.541. The second-order valence-electron chi connectivity index (χ2n) is 10.0. The lowest BCUT2D eigenvalue weighted by molar-refractivity contribution is 0.259. The Balaban J connectivity index is 1.35. The van der Waals surface area contributed by atoms with Crippen molar-refractivity contribution in [1.82, 2.24) is 10.3 Å². The Labute approximate surface area is 193 Å². The molecule has 3 aliphatic rings. The van der Waals surface area contributed by atoms with Gasteiger partial charge in [-0.15, -0.1) is 0 Å². The summed E-state index contributed by atoms with van der Waals surface area (Å²) in [5.74, 6) is 0.735. The third kappa shape index (κ3) is 3.80. The van der Waals surface area contributed by atoms with Crippen LogP contribution in [-0.2, 0) is 0 Å². The Bertz CT molecular complexity index is 1200. The van der Waals surface area contributed by atoms with Gasteiger partial charge < -0.3 is 19.7 Å². The molecule has 6 rings (SSSR count). The van der Waals surface area contributed by atoms with Crippen LogP contribution in [0.4, 0.5) is 10.1 Å². The van der Waals surface area contributed by atoms with Crippen LogP contribution in [-0.4, -0.2) is 44.4 Å². The van der Waals surface area contributed by atoms with E-state index in [4.69, 9.17) is 14.5 Å². The van der Waals surface area contributed by atoms with Crippen LogP contribution in [0.2, 0.25) is 0 Å². The van der Waals surface area contributed by atoms with Crippen molar-refractivity contribution in [3.8, 4) is 22.8 Å². The highest BCUT2D eigenvalue weighted by Crippen LogP contribution is 2.54. The minimum Gasteiger partial charge on any atom is -0.494 e. The van der Waals surface area contributed by atoms with Gasteiger partial charge in [0.15, 0.2) is 11.6 Å². The highest BCUT2D eigenvalue weighted by Gasteiger charge is 2.48. The third-order valence-corrected chi connectivity index (χ3v) is 7.85. The van der Waals surface area contributed by atoms with Gasteiger partial charge in [-0.2, -0.15) is 0 Å². The molecule has 172 valence electrons. The molecule has 0 unspecified atom stereocenters. The lowest BCUT2D eigenvalue weighted by Gasteiger charge is -2.22. The fraction of sp³-hybridized carbons (Fsp3) is 0.444. The lowest BCUT2D eigenvalue weighted by Crippen LogP contribution is -2.33. The number of hydrogen-bond acceptors (Lipinski definition) is 5. The molecule has 0 amide bonds. The summed E-state index contributed by atoms with van der Waals surface area (Å²) in [5, 5.41) is 4.20. The summed E-state index contributed by atoms with van der Waals surface area (Å²) < 4.78 is 25.9. The fourth-order valence-electron chi connectivity index (χ4n) is 5.06. The van der Waals surface area contributed by atoms with E-state index in [1.165, 1.54) is 26.4 Å². The molecule has 2 heterocycles. The van der Waals surface area contributed by atoms with Crippen LogP contribution in [0.3, 0.4) is 0 Å². The predicted molar refractivity (Wildman–Crippen MR) is 129 cm³/mol. The molecule has 3 fully saturated rings. The Morgan fingerprint density at radius 1 is 1.06 bits per heavy atom. The van der Waals surface area contributed by atoms with Crippen molar-refractivity contribution >= 4 is 16.6 Å². The van der Waals surface area contributed by atoms with E-state index < -0.39 is 0 Å². The minimum atomic E-state index is -0.349. The number of fused-ring (bicyclic) bond motifs is 1. The fourth-order valence-corrected chi connectivity index (χ4v) is 5.06. The molecule has 5 nitrogen and oxygen atoms in total. The van der Waals surface area contributed by atoms with Crippen molar-refractivity contribution in [1.29, 1.82) is 0 Å². The molecule has 1 aliphatic heterocycles. The van der Waals surface area contributed by atoms with Gasteiger partial charge in [-0.1, -0.05) is 0 Å². The maximum Gasteiger partial charge on any atom is 0.165 e. The van der Waals surface area contributed by atoms with Crippen LogP contribution in [0.1, 0.15) is 32.1 Å². The van der Waals surface area contributed by atoms with E-state index in [9.17, 15) is 4.39 Å². The molecule has 1 N–H and O–H groups in total. The van der Waals surface area contributed by atoms with Crippen molar-refractivity contribution in [3.05, 3.63) is 48.3 Å². The summed E-state index contributed by atoms with van der Waals surface area (Å²) in [6, 6.07) is 13.5. The first kappa shape index (κ1) is 20.7. The van der Waals surface area contributed by atoms with Crippen molar-refractivity contribution in [2.24, 2.45) is 5.41 Å². The molecule has 1 aromatic heterocycles. The number of methoxy groups -OCH3 is 1. The number of hydrogen-bond donors (Lipinski definition) is 1. The molecule has 1 spiro atoms. The number of ether oxygens (including phenoxy) is 2. The molecule has 0 bridgehead atoms. The normalized spacial score (nSPS) is 19.8. The zero-order chi connectivity index (χ0) is 22.6. The molecule has 2 aliphatic carbocycles. The first-order valence-corrected chi connectivity index (χ1v) is 11.9. The van der Waals surface area contributed by atoms with Crippen LogP contribution >= 0.6 is 0 Å². The monoisotopic (exact) mass is 447 g/mol. The number of anilines is 1. The number of likely N-dealkylation sites (N-methyl/N-ethyl adjacent to an activating group) is 1. The second-order valence-corrected chi connectivity index (χ2v) is 10.0. The summed E-state index contributed by atoms with van der Waals surface area (Å²) in [6.45, 7) is 2.73. The van der Waals surface area contributed by atoms with Crippen molar-refractivity contribution in [3.63, 3.8) is 0 Å². The van der Waals surface area contributed by atoms with Crippen molar-refractivity contribution in [2.75, 3.05) is 38.8 Å². The molecule has 1 saturated heterocycles. The van der Waals surface area contributed by atoms with Crippen molar-refractivity contribution < 1.29 is 13.9 Å². The van der Waals surface area contributed by atoms with E-state index >= 15 is 0 Å². The highest BCUT2D eigenvalue weighted by atomic mass is 19.1. The molecular formula is C27H30FN3O2. The molecule has 0 radical (unpaired) electrons. The zero-order valence-corrected chi connectivity index (χ0v) is 19.3. The number of halogens is 1. The van der Waals surface area contributed by atoms with Gasteiger partial charge in [-0.3, -0.25) is 0 Å². The first-order valence-electron chi connectivity index (χ1n) is 11.9.